The number of alkyl halides is 1. The maximum atomic E-state index is 12.1. The summed E-state index contributed by atoms with van der Waals surface area (Å²) in [4.78, 5) is 16.2. The second-order valence-corrected chi connectivity index (χ2v) is 5.01. The highest BCUT2D eigenvalue weighted by molar-refractivity contribution is 6.17. The number of halogens is 1. The summed E-state index contributed by atoms with van der Waals surface area (Å²) in [6, 6.07) is 11.3. The monoisotopic (exact) mass is 288 g/mol. The zero-order valence-corrected chi connectivity index (χ0v) is 12.2. The molecule has 0 aliphatic carbocycles. The topological polar surface area (TPSA) is 42.0 Å². The smallest absolute Gasteiger partial charge is 0.255 e. The Bertz CT molecular complexity index is 599. The zero-order valence-electron chi connectivity index (χ0n) is 11.4. The third-order valence-electron chi connectivity index (χ3n) is 2.94. The number of hydrogen-bond donors (Lipinski definition) is 1. The number of anilines is 1. The lowest BCUT2D eigenvalue weighted by molar-refractivity contribution is 0.102. The van der Waals surface area contributed by atoms with Crippen LogP contribution in [0, 0.1) is 6.92 Å². The fraction of sp³-hybridized carbons (Fsp3) is 0.250. The number of hydrogen-bond acceptors (Lipinski definition) is 2. The number of aromatic nitrogens is 1. The van der Waals surface area contributed by atoms with Gasteiger partial charge in [0.2, 0.25) is 0 Å². The molecule has 104 valence electrons. The van der Waals surface area contributed by atoms with Crippen molar-refractivity contribution in [2.75, 3.05) is 11.2 Å². The second kappa shape index (κ2) is 7.06. The summed E-state index contributed by atoms with van der Waals surface area (Å²) in [5.41, 5.74) is 3.42. The van der Waals surface area contributed by atoms with E-state index in [0.717, 1.165) is 24.2 Å². The standard InChI is InChI=1S/C16H17ClN2O/c1-12-10-14(7-9-18-12)16(20)19-15-6-2-4-13(11-15)5-3-8-17/h2,4,6-7,9-11H,3,5,8H2,1H3,(H,19,20). The van der Waals surface area contributed by atoms with Crippen molar-refractivity contribution in [3.8, 4) is 0 Å². The molecule has 1 N–H and O–H groups in total. The molecule has 3 nitrogen and oxygen atoms in total. The van der Waals surface area contributed by atoms with E-state index in [-0.39, 0.29) is 5.91 Å². The van der Waals surface area contributed by atoms with Crippen LogP contribution >= 0.6 is 11.6 Å². The van der Waals surface area contributed by atoms with Crippen LogP contribution in [0.1, 0.15) is 28.0 Å². The zero-order chi connectivity index (χ0) is 14.4. The van der Waals surface area contributed by atoms with E-state index in [1.54, 1.807) is 18.3 Å². The Kier molecular flexibility index (Phi) is 5.13. The number of amides is 1. The third kappa shape index (κ3) is 4.07. The van der Waals surface area contributed by atoms with E-state index in [0.29, 0.717) is 11.4 Å². The molecular formula is C16H17ClN2O. The van der Waals surface area contributed by atoms with E-state index in [1.807, 2.05) is 31.2 Å². The van der Waals surface area contributed by atoms with Crippen LogP contribution in [0.3, 0.4) is 0 Å². The molecule has 4 heteroatoms. The number of nitrogens with one attached hydrogen (secondary N) is 1. The van der Waals surface area contributed by atoms with Crippen molar-refractivity contribution < 1.29 is 4.79 Å². The first kappa shape index (κ1) is 14.5. The molecule has 0 aliphatic heterocycles. The fourth-order valence-corrected chi connectivity index (χ4v) is 2.10. The van der Waals surface area contributed by atoms with Gasteiger partial charge in [-0.1, -0.05) is 12.1 Å². The molecule has 0 spiro atoms. The van der Waals surface area contributed by atoms with Crippen LogP contribution in [0.5, 0.6) is 0 Å². The first-order chi connectivity index (χ1) is 9.69. The van der Waals surface area contributed by atoms with Gasteiger partial charge in [-0.3, -0.25) is 9.78 Å². The largest absolute Gasteiger partial charge is 0.322 e. The van der Waals surface area contributed by atoms with Gasteiger partial charge in [-0.15, -0.1) is 11.6 Å². The molecule has 0 radical (unpaired) electrons. The molecule has 20 heavy (non-hydrogen) atoms. The summed E-state index contributed by atoms with van der Waals surface area (Å²) in [5.74, 6) is 0.525. The van der Waals surface area contributed by atoms with Crippen LogP contribution in [0.25, 0.3) is 0 Å². The van der Waals surface area contributed by atoms with E-state index in [1.165, 1.54) is 5.56 Å². The highest BCUT2D eigenvalue weighted by Gasteiger charge is 2.06. The Balaban J connectivity index is 2.07. The van der Waals surface area contributed by atoms with Crippen molar-refractivity contribution in [1.82, 2.24) is 4.98 Å². The Labute approximate surface area is 124 Å². The molecule has 0 unspecified atom stereocenters. The summed E-state index contributed by atoms with van der Waals surface area (Å²) >= 11 is 5.69. The van der Waals surface area contributed by atoms with Crippen molar-refractivity contribution in [3.63, 3.8) is 0 Å². The van der Waals surface area contributed by atoms with Crippen LogP contribution in [0.2, 0.25) is 0 Å². The average molecular weight is 289 g/mol. The molecule has 1 aromatic heterocycles. The predicted molar refractivity (Wildman–Crippen MR) is 82.4 cm³/mol. The molecule has 1 amide bonds. The van der Waals surface area contributed by atoms with Gasteiger partial charge in [-0.05, 0) is 49.6 Å². The number of rotatable bonds is 5. The molecule has 0 saturated carbocycles. The van der Waals surface area contributed by atoms with Gasteiger partial charge >= 0.3 is 0 Å². The van der Waals surface area contributed by atoms with Gasteiger partial charge in [0, 0.05) is 29.0 Å². The Morgan fingerprint density at radius 2 is 2.15 bits per heavy atom. The summed E-state index contributed by atoms with van der Waals surface area (Å²) in [6.07, 6.45) is 3.49. The van der Waals surface area contributed by atoms with Crippen LogP contribution in [-0.4, -0.2) is 16.8 Å². The number of nitrogens with zero attached hydrogens (tertiary/aromatic N) is 1. The Morgan fingerprint density at radius 1 is 1.30 bits per heavy atom. The van der Waals surface area contributed by atoms with Gasteiger partial charge in [0.1, 0.15) is 0 Å². The van der Waals surface area contributed by atoms with Crippen molar-refractivity contribution >= 4 is 23.2 Å². The second-order valence-electron chi connectivity index (χ2n) is 4.63. The summed E-state index contributed by atoms with van der Waals surface area (Å²) in [5, 5.41) is 2.90. The molecule has 0 saturated heterocycles. The number of pyridine rings is 1. The van der Waals surface area contributed by atoms with Gasteiger partial charge < -0.3 is 5.32 Å². The normalized spacial score (nSPS) is 10.3. The van der Waals surface area contributed by atoms with Gasteiger partial charge in [0.15, 0.2) is 0 Å². The van der Waals surface area contributed by atoms with Crippen molar-refractivity contribution in [3.05, 3.63) is 59.4 Å². The molecular weight excluding hydrogens is 272 g/mol. The number of aryl methyl sites for hydroxylation is 2. The predicted octanol–water partition coefficient (Wildman–Crippen LogP) is 3.81. The molecule has 0 fully saturated rings. The van der Waals surface area contributed by atoms with E-state index in [9.17, 15) is 4.79 Å². The first-order valence-electron chi connectivity index (χ1n) is 6.58. The molecule has 0 bridgehead atoms. The van der Waals surface area contributed by atoms with Crippen molar-refractivity contribution in [2.24, 2.45) is 0 Å². The van der Waals surface area contributed by atoms with Gasteiger partial charge in [0.25, 0.3) is 5.91 Å². The summed E-state index contributed by atoms with van der Waals surface area (Å²) in [7, 11) is 0. The third-order valence-corrected chi connectivity index (χ3v) is 3.21. The van der Waals surface area contributed by atoms with Crippen molar-refractivity contribution in [1.29, 1.82) is 0 Å². The highest BCUT2D eigenvalue weighted by Crippen LogP contribution is 2.14. The Morgan fingerprint density at radius 3 is 2.90 bits per heavy atom. The van der Waals surface area contributed by atoms with E-state index in [4.69, 9.17) is 11.6 Å². The first-order valence-corrected chi connectivity index (χ1v) is 7.11. The number of benzene rings is 1. The highest BCUT2D eigenvalue weighted by atomic mass is 35.5. The minimum Gasteiger partial charge on any atom is -0.322 e. The van der Waals surface area contributed by atoms with Crippen molar-refractivity contribution in [2.45, 2.75) is 19.8 Å². The Hall–Kier alpha value is -1.87. The molecule has 1 heterocycles. The van der Waals surface area contributed by atoms with Crippen LogP contribution in [0.15, 0.2) is 42.6 Å². The average Bonchev–Trinajstić information content (AvgIpc) is 2.45. The lowest BCUT2D eigenvalue weighted by Gasteiger charge is -2.07. The van der Waals surface area contributed by atoms with E-state index in [2.05, 4.69) is 10.3 Å². The molecule has 2 rings (SSSR count). The molecule has 2 aromatic rings. The maximum absolute atomic E-state index is 12.1. The molecule has 1 aromatic carbocycles. The minimum absolute atomic E-state index is 0.120. The SMILES string of the molecule is Cc1cc(C(=O)Nc2cccc(CCCCl)c2)ccn1. The maximum Gasteiger partial charge on any atom is 0.255 e. The van der Waals surface area contributed by atoms with Gasteiger partial charge in [0.05, 0.1) is 0 Å². The number of carbonyl (C=O) groups is 1. The van der Waals surface area contributed by atoms with Gasteiger partial charge in [-0.2, -0.15) is 0 Å². The quantitative estimate of drug-likeness (QED) is 0.850. The fourth-order valence-electron chi connectivity index (χ4n) is 1.97. The molecule has 0 atom stereocenters. The van der Waals surface area contributed by atoms with Crippen LogP contribution in [-0.2, 0) is 6.42 Å². The van der Waals surface area contributed by atoms with Crippen LogP contribution in [0.4, 0.5) is 5.69 Å². The molecule has 0 aliphatic rings. The summed E-state index contributed by atoms with van der Waals surface area (Å²) in [6.45, 7) is 1.86. The lowest BCUT2D eigenvalue weighted by Crippen LogP contribution is -2.12. The van der Waals surface area contributed by atoms with Gasteiger partial charge in [-0.25, -0.2) is 0 Å². The minimum atomic E-state index is -0.120. The summed E-state index contributed by atoms with van der Waals surface area (Å²) < 4.78 is 0. The van der Waals surface area contributed by atoms with E-state index >= 15 is 0 Å². The van der Waals surface area contributed by atoms with Crippen LogP contribution < -0.4 is 5.32 Å². The lowest BCUT2D eigenvalue weighted by atomic mass is 10.1. The van der Waals surface area contributed by atoms with E-state index < -0.39 is 0 Å². The number of carbonyl (C=O) groups excluding carboxylic acids is 1.